The fourth-order valence-corrected chi connectivity index (χ4v) is 2.09. The lowest BCUT2D eigenvalue weighted by molar-refractivity contribution is -0.141. The molecule has 8 nitrogen and oxygen atoms in total. The SMILES string of the molecule is CC(Nc1cc(C(F)(F)F)nc2ncnn12)C(=O)NCc1ccco1. The minimum atomic E-state index is -4.64. The van der Waals surface area contributed by atoms with Gasteiger partial charge >= 0.3 is 6.18 Å². The van der Waals surface area contributed by atoms with E-state index in [4.69, 9.17) is 4.42 Å². The highest BCUT2D eigenvalue weighted by Crippen LogP contribution is 2.29. The summed E-state index contributed by atoms with van der Waals surface area (Å²) in [6.45, 7) is 1.68. The minimum Gasteiger partial charge on any atom is -0.467 e. The van der Waals surface area contributed by atoms with Gasteiger partial charge in [0, 0.05) is 6.07 Å². The van der Waals surface area contributed by atoms with E-state index in [-0.39, 0.29) is 18.1 Å². The van der Waals surface area contributed by atoms with Gasteiger partial charge in [0.2, 0.25) is 5.91 Å². The van der Waals surface area contributed by atoms with Crippen LogP contribution in [-0.4, -0.2) is 31.5 Å². The molecule has 3 rings (SSSR count). The van der Waals surface area contributed by atoms with Crippen LogP contribution in [0.15, 0.2) is 35.2 Å². The average Bonchev–Trinajstić information content (AvgIpc) is 3.22. The predicted molar refractivity (Wildman–Crippen MR) is 79.4 cm³/mol. The van der Waals surface area contributed by atoms with Crippen LogP contribution in [0, 0.1) is 0 Å². The maximum atomic E-state index is 12.9. The first-order valence-corrected chi connectivity index (χ1v) is 7.19. The fourth-order valence-electron chi connectivity index (χ4n) is 2.09. The van der Waals surface area contributed by atoms with E-state index in [1.54, 1.807) is 12.1 Å². The molecule has 0 radical (unpaired) electrons. The summed E-state index contributed by atoms with van der Waals surface area (Å²) in [5.41, 5.74) is -1.13. The third-order valence-electron chi connectivity index (χ3n) is 3.32. The van der Waals surface area contributed by atoms with Gasteiger partial charge in [-0.05, 0) is 19.1 Å². The van der Waals surface area contributed by atoms with Crippen molar-refractivity contribution in [3.05, 3.63) is 42.2 Å². The van der Waals surface area contributed by atoms with Crippen LogP contribution in [0.2, 0.25) is 0 Å². The molecule has 0 bridgehead atoms. The van der Waals surface area contributed by atoms with Crippen molar-refractivity contribution in [2.75, 3.05) is 5.32 Å². The number of rotatable bonds is 5. The number of anilines is 1. The van der Waals surface area contributed by atoms with Crippen molar-refractivity contribution in [1.82, 2.24) is 24.9 Å². The average molecular weight is 354 g/mol. The van der Waals surface area contributed by atoms with Gasteiger partial charge in [-0.15, -0.1) is 0 Å². The summed E-state index contributed by atoms with van der Waals surface area (Å²) in [6, 6.07) is 3.32. The van der Waals surface area contributed by atoms with Gasteiger partial charge < -0.3 is 15.1 Å². The third kappa shape index (κ3) is 3.70. The number of nitrogens with zero attached hydrogens (tertiary/aromatic N) is 4. The van der Waals surface area contributed by atoms with Gasteiger partial charge in [-0.1, -0.05) is 0 Å². The molecule has 2 N–H and O–H groups in total. The summed E-state index contributed by atoms with van der Waals surface area (Å²) in [6.07, 6.45) is -2.09. The van der Waals surface area contributed by atoms with Crippen LogP contribution in [0.25, 0.3) is 5.78 Å². The molecule has 1 unspecified atom stereocenters. The topological polar surface area (TPSA) is 97.4 Å². The van der Waals surface area contributed by atoms with Crippen molar-refractivity contribution in [3.63, 3.8) is 0 Å². The highest BCUT2D eigenvalue weighted by Gasteiger charge is 2.34. The molecule has 0 aliphatic carbocycles. The molecule has 0 aliphatic rings. The van der Waals surface area contributed by atoms with Crippen LogP contribution in [0.4, 0.5) is 19.0 Å². The van der Waals surface area contributed by atoms with E-state index in [1.165, 1.54) is 13.2 Å². The third-order valence-corrected chi connectivity index (χ3v) is 3.32. The van der Waals surface area contributed by atoms with E-state index in [1.807, 2.05) is 0 Å². The number of carbonyl (C=O) groups is 1. The molecule has 0 aliphatic heterocycles. The molecule has 132 valence electrons. The minimum absolute atomic E-state index is 0.0459. The van der Waals surface area contributed by atoms with Crippen molar-refractivity contribution in [1.29, 1.82) is 0 Å². The number of amides is 1. The van der Waals surface area contributed by atoms with Crippen molar-refractivity contribution in [2.45, 2.75) is 25.7 Å². The molecule has 0 saturated carbocycles. The van der Waals surface area contributed by atoms with Crippen molar-refractivity contribution < 1.29 is 22.4 Å². The Morgan fingerprint density at radius 3 is 2.92 bits per heavy atom. The molecule has 0 saturated heterocycles. The molecule has 0 spiro atoms. The van der Waals surface area contributed by atoms with Crippen LogP contribution in [0.3, 0.4) is 0 Å². The molecule has 0 fully saturated rings. The first-order valence-electron chi connectivity index (χ1n) is 7.19. The normalized spacial score (nSPS) is 13.0. The predicted octanol–water partition coefficient (Wildman–Crippen LogP) is 1.85. The van der Waals surface area contributed by atoms with E-state index >= 15 is 0 Å². The monoisotopic (exact) mass is 354 g/mol. The maximum Gasteiger partial charge on any atom is 0.433 e. The fraction of sp³-hybridized carbons (Fsp3) is 0.286. The zero-order valence-electron chi connectivity index (χ0n) is 12.9. The smallest absolute Gasteiger partial charge is 0.433 e. The zero-order chi connectivity index (χ0) is 18.0. The van der Waals surface area contributed by atoms with Crippen molar-refractivity contribution in [3.8, 4) is 0 Å². The Kier molecular flexibility index (Phi) is 4.30. The van der Waals surface area contributed by atoms with Gasteiger partial charge in [0.1, 0.15) is 23.9 Å². The first-order chi connectivity index (χ1) is 11.8. The summed E-state index contributed by atoms with van der Waals surface area (Å²) in [7, 11) is 0. The number of hydrogen-bond donors (Lipinski definition) is 2. The van der Waals surface area contributed by atoms with Crippen LogP contribution < -0.4 is 10.6 Å². The number of furan rings is 1. The van der Waals surface area contributed by atoms with Crippen molar-refractivity contribution in [2.24, 2.45) is 0 Å². The summed E-state index contributed by atoms with van der Waals surface area (Å²) >= 11 is 0. The lowest BCUT2D eigenvalue weighted by atomic mass is 10.3. The number of fused-ring (bicyclic) bond motifs is 1. The van der Waals surface area contributed by atoms with Gasteiger partial charge in [0.25, 0.3) is 5.78 Å². The number of halogens is 3. The Balaban J connectivity index is 1.77. The van der Waals surface area contributed by atoms with E-state index in [0.29, 0.717) is 5.76 Å². The summed E-state index contributed by atoms with van der Waals surface area (Å²) in [5.74, 6) is -0.131. The summed E-state index contributed by atoms with van der Waals surface area (Å²) in [4.78, 5) is 19.2. The van der Waals surface area contributed by atoms with Gasteiger partial charge in [-0.3, -0.25) is 4.79 Å². The highest BCUT2D eigenvalue weighted by atomic mass is 19.4. The quantitative estimate of drug-likeness (QED) is 0.726. The van der Waals surface area contributed by atoms with Crippen molar-refractivity contribution >= 4 is 17.5 Å². The summed E-state index contributed by atoms with van der Waals surface area (Å²) < 4.78 is 45.0. The maximum absolute atomic E-state index is 12.9. The van der Waals surface area contributed by atoms with Gasteiger partial charge in [0.15, 0.2) is 5.69 Å². The Morgan fingerprint density at radius 2 is 2.24 bits per heavy atom. The standard InChI is InChI=1S/C14H13F3N6O2/c1-8(12(24)18-6-9-3-2-4-25-9)21-11-5-10(14(15,16)17)22-13-19-7-20-23(11)13/h2-5,7-8,21H,6H2,1H3,(H,18,24). The molecule has 3 aromatic heterocycles. The second-order valence-corrected chi connectivity index (χ2v) is 5.16. The van der Waals surface area contributed by atoms with E-state index < -0.39 is 23.8 Å². The summed E-state index contributed by atoms with van der Waals surface area (Å²) in [5, 5.41) is 9.11. The van der Waals surface area contributed by atoms with Gasteiger partial charge in [0.05, 0.1) is 12.8 Å². The number of alkyl halides is 3. The highest BCUT2D eigenvalue weighted by molar-refractivity contribution is 5.83. The number of carbonyl (C=O) groups excluding carboxylic acids is 1. The first kappa shape index (κ1) is 16.7. The van der Waals surface area contributed by atoms with E-state index in [2.05, 4.69) is 25.7 Å². The molecule has 3 heterocycles. The van der Waals surface area contributed by atoms with Crippen LogP contribution in [0.5, 0.6) is 0 Å². The molecule has 25 heavy (non-hydrogen) atoms. The molecule has 1 amide bonds. The van der Waals surface area contributed by atoms with E-state index in [0.717, 1.165) is 16.9 Å². The van der Waals surface area contributed by atoms with Crippen LogP contribution >= 0.6 is 0 Å². The molecule has 11 heteroatoms. The molecule has 1 atom stereocenters. The lowest BCUT2D eigenvalue weighted by Gasteiger charge is -2.16. The van der Waals surface area contributed by atoms with Gasteiger partial charge in [-0.2, -0.15) is 27.8 Å². The molecule has 0 aromatic carbocycles. The van der Waals surface area contributed by atoms with Crippen LogP contribution in [0.1, 0.15) is 18.4 Å². The number of nitrogens with one attached hydrogen (secondary N) is 2. The van der Waals surface area contributed by atoms with E-state index in [9.17, 15) is 18.0 Å². The molecular weight excluding hydrogens is 341 g/mol. The Bertz CT molecular complexity index is 874. The Hall–Kier alpha value is -3.11. The molecular formula is C14H13F3N6O2. The molecule has 3 aromatic rings. The second kappa shape index (κ2) is 6.42. The van der Waals surface area contributed by atoms with Crippen LogP contribution in [-0.2, 0) is 17.5 Å². The Morgan fingerprint density at radius 1 is 1.44 bits per heavy atom. The second-order valence-electron chi connectivity index (χ2n) is 5.16. The number of hydrogen-bond acceptors (Lipinski definition) is 6. The number of aromatic nitrogens is 4. The zero-order valence-corrected chi connectivity index (χ0v) is 12.9. The lowest BCUT2D eigenvalue weighted by Crippen LogP contribution is -2.37. The largest absolute Gasteiger partial charge is 0.467 e. The van der Waals surface area contributed by atoms with Gasteiger partial charge in [-0.25, -0.2) is 4.98 Å². The Labute approximate surface area is 139 Å².